The van der Waals surface area contributed by atoms with E-state index in [1.165, 1.54) is 11.5 Å². The average molecular weight is 588 g/mol. The van der Waals surface area contributed by atoms with Crippen molar-refractivity contribution in [3.8, 4) is 0 Å². The summed E-state index contributed by atoms with van der Waals surface area (Å²) in [6.07, 6.45) is 0. The zero-order valence-electron chi connectivity index (χ0n) is 5.57. The van der Waals surface area contributed by atoms with Crippen LogP contribution in [0.5, 0.6) is 0 Å². The standard InChI is InChI=1S/C4Br6N2S/c5-3(6,7)1-2(4(8,9)10)13-12-11-1. The Bertz CT molecular complexity index is 270. The molecule has 74 valence electrons. The molecule has 0 fully saturated rings. The Kier molecular flexibility index (Phi) is 4.93. The van der Waals surface area contributed by atoms with Gasteiger partial charge in [0.05, 0.1) is 4.88 Å². The molecule has 0 aromatic carbocycles. The molecule has 0 saturated heterocycles. The summed E-state index contributed by atoms with van der Waals surface area (Å²) >= 11 is 21.7. The van der Waals surface area contributed by atoms with Gasteiger partial charge >= 0.3 is 0 Å². The third-order valence-corrected chi connectivity index (χ3v) is 4.96. The summed E-state index contributed by atoms with van der Waals surface area (Å²) in [5.74, 6) is 0. The summed E-state index contributed by atoms with van der Waals surface area (Å²) in [4.78, 5) is 0.915. The highest BCUT2D eigenvalue weighted by molar-refractivity contribution is 9.39. The van der Waals surface area contributed by atoms with Gasteiger partial charge in [-0.05, 0) is 11.5 Å². The van der Waals surface area contributed by atoms with Crippen molar-refractivity contribution in [3.05, 3.63) is 10.6 Å². The minimum absolute atomic E-state index is 0.489. The van der Waals surface area contributed by atoms with Crippen molar-refractivity contribution in [1.29, 1.82) is 0 Å². The predicted molar refractivity (Wildman–Crippen MR) is 76.8 cm³/mol. The van der Waals surface area contributed by atoms with E-state index in [2.05, 4.69) is 105 Å². The molecule has 2 nitrogen and oxygen atoms in total. The molecule has 1 heterocycles. The molecule has 0 aliphatic carbocycles. The van der Waals surface area contributed by atoms with Crippen LogP contribution in [0.1, 0.15) is 10.6 Å². The smallest absolute Gasteiger partial charge is 0.139 e. The first-order chi connectivity index (χ1) is 5.73. The molecular weight excluding hydrogens is 588 g/mol. The van der Waals surface area contributed by atoms with E-state index in [-0.39, 0.29) is 0 Å². The fourth-order valence-corrected chi connectivity index (χ4v) is 3.59. The topological polar surface area (TPSA) is 25.8 Å². The van der Waals surface area contributed by atoms with E-state index < -0.39 is 4.29 Å². The maximum Gasteiger partial charge on any atom is 0.179 e. The van der Waals surface area contributed by atoms with Crippen LogP contribution in [0, 0.1) is 0 Å². The van der Waals surface area contributed by atoms with Crippen molar-refractivity contribution in [2.45, 2.75) is 4.29 Å². The second-order valence-electron chi connectivity index (χ2n) is 1.95. The number of hydrogen-bond donors (Lipinski definition) is 0. The highest BCUT2D eigenvalue weighted by Crippen LogP contribution is 2.53. The quantitative estimate of drug-likeness (QED) is 0.394. The van der Waals surface area contributed by atoms with E-state index in [0.29, 0.717) is 0 Å². The van der Waals surface area contributed by atoms with Crippen LogP contribution in [-0.2, 0) is 4.29 Å². The molecule has 0 aliphatic heterocycles. The van der Waals surface area contributed by atoms with Gasteiger partial charge in [0, 0.05) is 0 Å². The molecular formula is C4Br6N2S. The van der Waals surface area contributed by atoms with Gasteiger partial charge in [-0.2, -0.15) is 0 Å². The van der Waals surface area contributed by atoms with Crippen molar-refractivity contribution in [1.82, 2.24) is 9.59 Å². The molecule has 0 unspecified atom stereocenters. The molecule has 1 rings (SSSR count). The number of nitrogens with zero attached hydrogens (tertiary/aromatic N) is 2. The Morgan fingerprint density at radius 1 is 0.923 bits per heavy atom. The van der Waals surface area contributed by atoms with Crippen LogP contribution in [0.25, 0.3) is 0 Å². The van der Waals surface area contributed by atoms with E-state index in [0.717, 1.165) is 10.6 Å². The maximum atomic E-state index is 3.99. The van der Waals surface area contributed by atoms with Gasteiger partial charge in [-0.25, -0.2) is 0 Å². The molecule has 0 N–H and O–H groups in total. The van der Waals surface area contributed by atoms with Gasteiger partial charge < -0.3 is 0 Å². The summed E-state index contributed by atoms with van der Waals surface area (Å²) < 4.78 is 2.83. The molecule has 0 atom stereocenters. The lowest BCUT2D eigenvalue weighted by molar-refractivity contribution is 1.04. The van der Waals surface area contributed by atoms with E-state index in [1.54, 1.807) is 0 Å². The lowest BCUT2D eigenvalue weighted by Gasteiger charge is -2.15. The zero-order valence-corrected chi connectivity index (χ0v) is 15.9. The third kappa shape index (κ3) is 3.74. The first-order valence-corrected chi connectivity index (χ1v) is 8.23. The lowest BCUT2D eigenvalue weighted by atomic mass is 10.4. The summed E-state index contributed by atoms with van der Waals surface area (Å²) in [6, 6.07) is 0. The number of hydrogen-bond acceptors (Lipinski definition) is 3. The van der Waals surface area contributed by atoms with Gasteiger partial charge in [0.1, 0.15) is 5.69 Å². The molecule has 0 aliphatic rings. The minimum Gasteiger partial charge on any atom is -0.139 e. The predicted octanol–water partition coefficient (Wildman–Crippen LogP) is 5.13. The SMILES string of the molecule is BrC(Br)(Br)c1nnsc1C(Br)(Br)Br. The summed E-state index contributed by atoms with van der Waals surface area (Å²) in [6.45, 7) is 0. The molecule has 1 aromatic heterocycles. The van der Waals surface area contributed by atoms with Crippen LogP contribution in [0.2, 0.25) is 0 Å². The molecule has 0 spiro atoms. The van der Waals surface area contributed by atoms with Crippen molar-refractivity contribution >= 4 is 107 Å². The Morgan fingerprint density at radius 3 is 1.77 bits per heavy atom. The van der Waals surface area contributed by atoms with Crippen molar-refractivity contribution in [2.75, 3.05) is 0 Å². The molecule has 0 saturated carbocycles. The molecule has 13 heavy (non-hydrogen) atoms. The molecule has 0 bridgehead atoms. The van der Waals surface area contributed by atoms with Crippen LogP contribution in [0.15, 0.2) is 0 Å². The largest absolute Gasteiger partial charge is 0.179 e. The van der Waals surface area contributed by atoms with Crippen LogP contribution in [0.4, 0.5) is 0 Å². The molecule has 9 heteroatoms. The van der Waals surface area contributed by atoms with Crippen molar-refractivity contribution in [2.24, 2.45) is 0 Å². The van der Waals surface area contributed by atoms with Crippen LogP contribution in [0.3, 0.4) is 0 Å². The zero-order chi connectivity index (χ0) is 10.3. The highest BCUT2D eigenvalue weighted by atomic mass is 80.0. The van der Waals surface area contributed by atoms with E-state index in [4.69, 9.17) is 0 Å². The van der Waals surface area contributed by atoms with E-state index in [1.807, 2.05) is 0 Å². The summed E-state index contributed by atoms with van der Waals surface area (Å²) in [5, 5.41) is 3.99. The molecule has 0 radical (unpaired) electrons. The third-order valence-electron chi connectivity index (χ3n) is 1.01. The van der Waals surface area contributed by atoms with Crippen LogP contribution >= 0.6 is 107 Å². The highest BCUT2D eigenvalue weighted by Gasteiger charge is 2.36. The summed E-state index contributed by atoms with van der Waals surface area (Å²) in [7, 11) is 0. The number of aromatic nitrogens is 2. The van der Waals surface area contributed by atoms with E-state index >= 15 is 0 Å². The number of rotatable bonds is 0. The van der Waals surface area contributed by atoms with Crippen LogP contribution in [-0.4, -0.2) is 9.59 Å². The van der Waals surface area contributed by atoms with Gasteiger partial charge in [0.15, 0.2) is 4.29 Å². The average Bonchev–Trinajstić information content (AvgIpc) is 2.27. The van der Waals surface area contributed by atoms with Gasteiger partial charge in [-0.1, -0.05) is 100 Å². The second kappa shape index (κ2) is 4.75. The fourth-order valence-electron chi connectivity index (χ4n) is 0.562. The minimum atomic E-state index is -0.546. The molecule has 1 aromatic rings. The second-order valence-corrected chi connectivity index (χ2v) is 16.2. The molecule has 0 amide bonds. The van der Waals surface area contributed by atoms with Gasteiger partial charge in [-0.3, -0.25) is 0 Å². The van der Waals surface area contributed by atoms with Crippen LogP contribution < -0.4 is 0 Å². The normalized spacial score (nSPS) is 13.4. The Balaban J connectivity index is 3.19. The van der Waals surface area contributed by atoms with Crippen molar-refractivity contribution < 1.29 is 0 Å². The summed E-state index contributed by atoms with van der Waals surface area (Å²) in [5.41, 5.74) is 0.753. The van der Waals surface area contributed by atoms with E-state index in [9.17, 15) is 0 Å². The lowest BCUT2D eigenvalue weighted by Crippen LogP contribution is -2.07. The Labute approximate surface area is 130 Å². The monoisotopic (exact) mass is 581 g/mol. The first-order valence-electron chi connectivity index (χ1n) is 2.69. The Morgan fingerprint density at radius 2 is 1.46 bits per heavy atom. The van der Waals surface area contributed by atoms with Gasteiger partial charge in [0.25, 0.3) is 0 Å². The Hall–Kier alpha value is 2.44. The number of halogens is 6. The van der Waals surface area contributed by atoms with Gasteiger partial charge in [0.2, 0.25) is 0 Å². The maximum absolute atomic E-state index is 3.99. The number of alkyl halides is 6. The van der Waals surface area contributed by atoms with Gasteiger partial charge in [-0.15, -0.1) is 5.10 Å². The first kappa shape index (κ1) is 13.5. The van der Waals surface area contributed by atoms with Crippen molar-refractivity contribution in [3.63, 3.8) is 0 Å². The fraction of sp³-hybridized carbons (Fsp3) is 0.500.